The molecule has 0 aromatic rings. The van der Waals surface area contributed by atoms with Crippen LogP contribution in [0.2, 0.25) is 0 Å². The van der Waals surface area contributed by atoms with Gasteiger partial charge in [-0.3, -0.25) is 0 Å². The summed E-state index contributed by atoms with van der Waals surface area (Å²) in [5.74, 6) is 6.43. The molecule has 0 amide bonds. The number of hydrogen-bond acceptors (Lipinski definition) is 1. The molecule has 0 rings (SSSR count). The molecule has 0 fully saturated rings. The second-order valence-electron chi connectivity index (χ2n) is 4.76. The third-order valence-electron chi connectivity index (χ3n) is 2.96. The van der Waals surface area contributed by atoms with E-state index in [1.165, 1.54) is 57.8 Å². The molecule has 0 saturated carbocycles. The van der Waals surface area contributed by atoms with E-state index in [-0.39, 0.29) is 0 Å². The Balaban J connectivity index is 2.97. The van der Waals surface area contributed by atoms with E-state index in [2.05, 4.69) is 18.8 Å². The first-order chi connectivity index (χ1) is 8.41. The van der Waals surface area contributed by atoms with Gasteiger partial charge in [-0.15, -0.1) is 11.8 Å². The van der Waals surface area contributed by atoms with Crippen molar-refractivity contribution in [2.45, 2.75) is 84.0 Å². The first-order valence-corrected chi connectivity index (χ1v) is 7.48. The summed E-state index contributed by atoms with van der Waals surface area (Å²) in [5.41, 5.74) is 0. The van der Waals surface area contributed by atoms with E-state index in [0.29, 0.717) is 6.61 Å². The minimum absolute atomic E-state index is 0.360. The molecule has 0 radical (unpaired) electrons. The summed E-state index contributed by atoms with van der Waals surface area (Å²) >= 11 is 0. The van der Waals surface area contributed by atoms with Crippen LogP contribution < -0.4 is 0 Å². The monoisotopic (exact) mass is 238 g/mol. The highest BCUT2D eigenvalue weighted by Crippen LogP contribution is 2.10. The van der Waals surface area contributed by atoms with Gasteiger partial charge >= 0.3 is 0 Å². The Hall–Kier alpha value is -0.480. The molecule has 0 atom stereocenters. The molecule has 17 heavy (non-hydrogen) atoms. The van der Waals surface area contributed by atoms with Crippen molar-refractivity contribution in [3.05, 3.63) is 0 Å². The molecule has 0 unspecified atom stereocenters. The summed E-state index contributed by atoms with van der Waals surface area (Å²) in [7, 11) is 0. The van der Waals surface area contributed by atoms with Crippen LogP contribution in [0.15, 0.2) is 0 Å². The van der Waals surface area contributed by atoms with Gasteiger partial charge in [0, 0.05) is 19.4 Å². The van der Waals surface area contributed by atoms with Gasteiger partial charge in [-0.1, -0.05) is 51.9 Å². The maximum absolute atomic E-state index is 8.63. The third kappa shape index (κ3) is 15.5. The molecule has 0 aliphatic rings. The number of unbranched alkanes of at least 4 members (excludes halogenated alkanes) is 10. The average Bonchev–Trinajstić information content (AvgIpc) is 2.35. The van der Waals surface area contributed by atoms with Crippen LogP contribution in [0.25, 0.3) is 0 Å². The lowest BCUT2D eigenvalue weighted by Crippen LogP contribution is -1.84. The lowest BCUT2D eigenvalue weighted by molar-refractivity contribution is 0.282. The van der Waals surface area contributed by atoms with Gasteiger partial charge in [-0.25, -0.2) is 0 Å². The Bertz CT molecular complexity index is 187. The largest absolute Gasteiger partial charge is 0.396 e. The van der Waals surface area contributed by atoms with Gasteiger partial charge < -0.3 is 5.11 Å². The fourth-order valence-electron chi connectivity index (χ4n) is 1.86. The van der Waals surface area contributed by atoms with E-state index in [1.54, 1.807) is 0 Å². The Kier molecular flexibility index (Phi) is 15.1. The lowest BCUT2D eigenvalue weighted by Gasteiger charge is -2.00. The minimum atomic E-state index is 0.360. The van der Waals surface area contributed by atoms with Crippen molar-refractivity contribution in [1.82, 2.24) is 0 Å². The second kappa shape index (κ2) is 15.5. The Labute approximate surface area is 108 Å². The number of aliphatic hydroxyl groups is 1. The van der Waals surface area contributed by atoms with Gasteiger partial charge in [-0.05, 0) is 19.3 Å². The molecule has 1 nitrogen and oxygen atoms in total. The van der Waals surface area contributed by atoms with Crippen molar-refractivity contribution in [2.24, 2.45) is 0 Å². The molecular formula is C16H30O. The van der Waals surface area contributed by atoms with Crippen LogP contribution in [-0.2, 0) is 0 Å². The molecule has 0 bridgehead atoms. The van der Waals surface area contributed by atoms with Crippen molar-refractivity contribution in [3.8, 4) is 11.8 Å². The van der Waals surface area contributed by atoms with Crippen LogP contribution in [-0.4, -0.2) is 11.7 Å². The van der Waals surface area contributed by atoms with Crippen molar-refractivity contribution in [1.29, 1.82) is 0 Å². The van der Waals surface area contributed by atoms with Crippen LogP contribution >= 0.6 is 0 Å². The van der Waals surface area contributed by atoms with Gasteiger partial charge in [0.1, 0.15) is 0 Å². The molecular weight excluding hydrogens is 208 g/mol. The van der Waals surface area contributed by atoms with E-state index in [4.69, 9.17) is 5.11 Å². The molecule has 0 saturated heterocycles. The van der Waals surface area contributed by atoms with Crippen molar-refractivity contribution < 1.29 is 5.11 Å². The third-order valence-corrected chi connectivity index (χ3v) is 2.96. The van der Waals surface area contributed by atoms with Gasteiger partial charge in [0.05, 0.1) is 0 Å². The van der Waals surface area contributed by atoms with Crippen molar-refractivity contribution in [2.75, 3.05) is 6.61 Å². The smallest absolute Gasteiger partial charge is 0.0431 e. The zero-order valence-electron chi connectivity index (χ0n) is 11.6. The predicted octanol–water partition coefficient (Wildman–Crippen LogP) is 4.68. The van der Waals surface area contributed by atoms with Gasteiger partial charge in [0.25, 0.3) is 0 Å². The fraction of sp³-hybridized carbons (Fsp3) is 0.875. The zero-order valence-corrected chi connectivity index (χ0v) is 11.6. The molecule has 1 heteroatoms. The SMILES string of the molecule is CCCC#CCCCCCCCCCCCO. The average molecular weight is 238 g/mol. The molecule has 0 heterocycles. The van der Waals surface area contributed by atoms with Crippen molar-refractivity contribution in [3.63, 3.8) is 0 Å². The maximum atomic E-state index is 8.63. The summed E-state index contributed by atoms with van der Waals surface area (Å²) in [6.07, 6.45) is 14.9. The highest BCUT2D eigenvalue weighted by Gasteiger charge is 1.91. The maximum Gasteiger partial charge on any atom is 0.0431 e. The first kappa shape index (κ1) is 16.5. The van der Waals surface area contributed by atoms with Crippen LogP contribution in [0, 0.1) is 11.8 Å². The topological polar surface area (TPSA) is 20.2 Å². The molecule has 0 aliphatic heterocycles. The molecule has 100 valence electrons. The van der Waals surface area contributed by atoms with Gasteiger partial charge in [0.2, 0.25) is 0 Å². The summed E-state index contributed by atoms with van der Waals surface area (Å²) in [6.45, 7) is 2.54. The van der Waals surface area contributed by atoms with Crippen LogP contribution in [0.5, 0.6) is 0 Å². The Morgan fingerprint density at radius 3 is 1.65 bits per heavy atom. The molecule has 0 spiro atoms. The summed E-state index contributed by atoms with van der Waals surface area (Å²) < 4.78 is 0. The van der Waals surface area contributed by atoms with Gasteiger partial charge in [-0.2, -0.15) is 0 Å². The normalized spacial score (nSPS) is 10.0. The van der Waals surface area contributed by atoms with E-state index < -0.39 is 0 Å². The number of hydrogen-bond donors (Lipinski definition) is 1. The highest BCUT2D eigenvalue weighted by atomic mass is 16.2. The molecule has 0 aromatic carbocycles. The zero-order chi connectivity index (χ0) is 12.6. The van der Waals surface area contributed by atoms with E-state index >= 15 is 0 Å². The first-order valence-electron chi connectivity index (χ1n) is 7.48. The standard InChI is InChI=1S/C16H30O/c1-2-3-4-5-6-7-8-9-10-11-12-13-14-15-16-17/h17H,2-3,6-16H2,1H3. The Morgan fingerprint density at radius 1 is 0.647 bits per heavy atom. The minimum Gasteiger partial charge on any atom is -0.396 e. The summed E-state index contributed by atoms with van der Waals surface area (Å²) in [5, 5.41) is 8.63. The second-order valence-corrected chi connectivity index (χ2v) is 4.76. The van der Waals surface area contributed by atoms with Crippen LogP contribution in [0.3, 0.4) is 0 Å². The van der Waals surface area contributed by atoms with E-state index in [9.17, 15) is 0 Å². The Morgan fingerprint density at radius 2 is 1.12 bits per heavy atom. The molecule has 1 N–H and O–H groups in total. The van der Waals surface area contributed by atoms with Gasteiger partial charge in [0.15, 0.2) is 0 Å². The highest BCUT2D eigenvalue weighted by molar-refractivity contribution is 4.98. The quantitative estimate of drug-likeness (QED) is 0.409. The summed E-state index contributed by atoms with van der Waals surface area (Å²) in [4.78, 5) is 0. The number of rotatable bonds is 11. The summed E-state index contributed by atoms with van der Waals surface area (Å²) in [6, 6.07) is 0. The van der Waals surface area contributed by atoms with Crippen LogP contribution in [0.1, 0.15) is 84.0 Å². The predicted molar refractivity (Wildman–Crippen MR) is 75.9 cm³/mol. The molecule has 0 aromatic heterocycles. The molecule has 0 aliphatic carbocycles. The number of aliphatic hydroxyl groups excluding tert-OH is 1. The van der Waals surface area contributed by atoms with E-state index in [1.807, 2.05) is 0 Å². The van der Waals surface area contributed by atoms with Crippen molar-refractivity contribution >= 4 is 0 Å². The van der Waals surface area contributed by atoms with E-state index in [0.717, 1.165) is 19.3 Å². The lowest BCUT2D eigenvalue weighted by atomic mass is 10.1. The van der Waals surface area contributed by atoms with Crippen LogP contribution in [0.4, 0.5) is 0 Å². The fourth-order valence-corrected chi connectivity index (χ4v) is 1.86.